The molecule has 2 rings (SSSR count). The Morgan fingerprint density at radius 3 is 2.83 bits per heavy atom. The van der Waals surface area contributed by atoms with Crippen LogP contribution in [-0.2, 0) is 6.54 Å². The Hall–Kier alpha value is -0.805. The Morgan fingerprint density at radius 1 is 1.58 bits per heavy atom. The molecule has 4 nitrogen and oxygen atoms in total. The summed E-state index contributed by atoms with van der Waals surface area (Å²) in [6.07, 6.45) is 5.73. The third kappa shape index (κ3) is 1.68. The molecule has 1 aromatic heterocycles. The van der Waals surface area contributed by atoms with E-state index in [1.807, 2.05) is 0 Å². The molecule has 0 aliphatic heterocycles. The van der Waals surface area contributed by atoms with Gasteiger partial charge in [-0.1, -0.05) is 0 Å². The summed E-state index contributed by atoms with van der Waals surface area (Å²) in [7, 11) is -1.39. The van der Waals surface area contributed by atoms with Gasteiger partial charge in [0, 0.05) is 24.4 Å². The minimum atomic E-state index is -1.39. The number of nitrogens with zero attached hydrogens (tertiary/aromatic N) is 2. The van der Waals surface area contributed by atoms with Gasteiger partial charge in [-0.2, -0.15) is 5.10 Å². The lowest BCUT2D eigenvalue weighted by atomic mass is 9.83. The van der Waals surface area contributed by atoms with E-state index >= 15 is 0 Å². The summed E-state index contributed by atoms with van der Waals surface area (Å²) in [5, 5.41) is 21.6. The number of aromatic nitrogens is 2. The van der Waals surface area contributed by atoms with E-state index < -0.39 is 7.12 Å². The van der Waals surface area contributed by atoms with E-state index in [2.05, 4.69) is 5.10 Å². The van der Waals surface area contributed by atoms with Crippen molar-refractivity contribution in [1.82, 2.24) is 9.78 Å². The monoisotopic (exact) mass is 166 g/mol. The zero-order valence-corrected chi connectivity index (χ0v) is 6.72. The molecule has 64 valence electrons. The lowest BCUT2D eigenvalue weighted by molar-refractivity contribution is 0.425. The van der Waals surface area contributed by atoms with E-state index in [-0.39, 0.29) is 0 Å². The molecule has 1 heterocycles. The van der Waals surface area contributed by atoms with Crippen LogP contribution in [0.1, 0.15) is 12.8 Å². The molecular formula is C7H11BN2O2. The molecule has 1 aliphatic rings. The Labute approximate surface area is 71.0 Å². The fourth-order valence-electron chi connectivity index (χ4n) is 1.18. The maximum Gasteiger partial charge on any atom is 0.491 e. The highest BCUT2D eigenvalue weighted by Gasteiger charge is 2.22. The fourth-order valence-corrected chi connectivity index (χ4v) is 1.18. The third-order valence-electron chi connectivity index (χ3n) is 2.09. The molecule has 0 bridgehead atoms. The number of hydrogen-bond acceptors (Lipinski definition) is 3. The van der Waals surface area contributed by atoms with Crippen LogP contribution in [0.3, 0.4) is 0 Å². The van der Waals surface area contributed by atoms with E-state index in [9.17, 15) is 0 Å². The highest BCUT2D eigenvalue weighted by Crippen LogP contribution is 2.29. The summed E-state index contributed by atoms with van der Waals surface area (Å²) in [6, 6.07) is 0. The van der Waals surface area contributed by atoms with Gasteiger partial charge < -0.3 is 10.0 Å². The predicted octanol–water partition coefficient (Wildman–Crippen LogP) is -1.03. The van der Waals surface area contributed by atoms with Crippen LogP contribution in [-0.4, -0.2) is 26.9 Å². The molecule has 5 heteroatoms. The van der Waals surface area contributed by atoms with Crippen molar-refractivity contribution in [1.29, 1.82) is 0 Å². The molecule has 12 heavy (non-hydrogen) atoms. The lowest BCUT2D eigenvalue weighted by Gasteiger charge is -1.96. The van der Waals surface area contributed by atoms with Crippen LogP contribution >= 0.6 is 0 Å². The highest BCUT2D eigenvalue weighted by atomic mass is 16.4. The Morgan fingerprint density at radius 2 is 2.33 bits per heavy atom. The molecule has 1 saturated carbocycles. The number of rotatable bonds is 3. The molecule has 0 saturated heterocycles. The van der Waals surface area contributed by atoms with Crippen molar-refractivity contribution in [3.05, 3.63) is 12.4 Å². The average Bonchev–Trinajstić information content (AvgIpc) is 2.66. The molecule has 0 amide bonds. The molecule has 0 unspecified atom stereocenters. The quantitative estimate of drug-likeness (QED) is 0.564. The van der Waals surface area contributed by atoms with Crippen LogP contribution < -0.4 is 5.46 Å². The predicted molar refractivity (Wildman–Crippen MR) is 44.8 cm³/mol. The molecule has 0 aromatic carbocycles. The van der Waals surface area contributed by atoms with Crippen molar-refractivity contribution < 1.29 is 10.0 Å². The second-order valence-electron chi connectivity index (χ2n) is 3.31. The van der Waals surface area contributed by atoms with Gasteiger partial charge in [-0.25, -0.2) is 0 Å². The van der Waals surface area contributed by atoms with Crippen molar-refractivity contribution in [3.8, 4) is 0 Å². The Bertz CT molecular complexity index is 270. The van der Waals surface area contributed by atoms with Crippen LogP contribution in [0, 0.1) is 5.92 Å². The normalized spacial score (nSPS) is 16.5. The molecular weight excluding hydrogens is 155 g/mol. The first-order valence-electron chi connectivity index (χ1n) is 4.14. The van der Waals surface area contributed by atoms with Gasteiger partial charge in [0.2, 0.25) is 0 Å². The molecule has 2 N–H and O–H groups in total. The Kier molecular flexibility index (Phi) is 1.90. The van der Waals surface area contributed by atoms with Crippen molar-refractivity contribution in [2.45, 2.75) is 19.4 Å². The smallest absolute Gasteiger partial charge is 0.423 e. The van der Waals surface area contributed by atoms with Gasteiger partial charge in [0.05, 0.1) is 0 Å². The number of hydrogen-bond donors (Lipinski definition) is 2. The zero-order chi connectivity index (χ0) is 8.55. The van der Waals surface area contributed by atoms with Crippen LogP contribution in [0.4, 0.5) is 0 Å². The first kappa shape index (κ1) is 7.82. The molecule has 1 aromatic rings. The van der Waals surface area contributed by atoms with E-state index in [0.29, 0.717) is 5.46 Å². The summed E-state index contributed by atoms with van der Waals surface area (Å²) in [5.74, 6) is 0.758. The zero-order valence-electron chi connectivity index (χ0n) is 6.72. The van der Waals surface area contributed by atoms with Crippen molar-refractivity contribution in [2.75, 3.05) is 0 Å². The summed E-state index contributed by atoms with van der Waals surface area (Å²) < 4.78 is 1.77. The minimum Gasteiger partial charge on any atom is -0.423 e. The highest BCUT2D eigenvalue weighted by molar-refractivity contribution is 6.58. The molecule has 1 aliphatic carbocycles. The van der Waals surface area contributed by atoms with Gasteiger partial charge in [0.1, 0.15) is 0 Å². The van der Waals surface area contributed by atoms with E-state index in [0.717, 1.165) is 12.5 Å². The second kappa shape index (κ2) is 2.92. The lowest BCUT2D eigenvalue weighted by Crippen LogP contribution is -2.28. The van der Waals surface area contributed by atoms with Crippen molar-refractivity contribution in [2.24, 2.45) is 5.92 Å². The van der Waals surface area contributed by atoms with Crippen LogP contribution in [0.2, 0.25) is 0 Å². The van der Waals surface area contributed by atoms with Gasteiger partial charge in [0.15, 0.2) is 0 Å². The molecule has 0 spiro atoms. The molecule has 0 radical (unpaired) electrons. The largest absolute Gasteiger partial charge is 0.491 e. The van der Waals surface area contributed by atoms with Crippen LogP contribution in [0.5, 0.6) is 0 Å². The second-order valence-corrected chi connectivity index (χ2v) is 3.31. The first-order chi connectivity index (χ1) is 5.75. The summed E-state index contributed by atoms with van der Waals surface area (Å²) in [5.41, 5.74) is 0.468. The van der Waals surface area contributed by atoms with Gasteiger partial charge in [-0.3, -0.25) is 4.68 Å². The van der Waals surface area contributed by atoms with E-state index in [1.54, 1.807) is 10.9 Å². The molecule has 1 fully saturated rings. The summed E-state index contributed by atoms with van der Waals surface area (Å²) in [6.45, 7) is 0.909. The van der Waals surface area contributed by atoms with Gasteiger partial charge in [-0.15, -0.1) is 0 Å². The standard InChI is InChI=1S/C7H11BN2O2/c11-8(12)7-3-9-10(5-7)4-6-1-2-6/h3,5-6,11-12H,1-2,4H2. The maximum absolute atomic E-state index is 8.79. The fraction of sp³-hybridized carbons (Fsp3) is 0.571. The topological polar surface area (TPSA) is 58.3 Å². The SMILES string of the molecule is OB(O)c1cnn(CC2CC2)c1. The van der Waals surface area contributed by atoms with Crippen molar-refractivity contribution in [3.63, 3.8) is 0 Å². The molecule has 0 atom stereocenters. The summed E-state index contributed by atoms with van der Waals surface area (Å²) in [4.78, 5) is 0. The van der Waals surface area contributed by atoms with E-state index in [4.69, 9.17) is 10.0 Å². The minimum absolute atomic E-state index is 0.468. The van der Waals surface area contributed by atoms with Crippen LogP contribution in [0.15, 0.2) is 12.4 Å². The van der Waals surface area contributed by atoms with Crippen LogP contribution in [0.25, 0.3) is 0 Å². The first-order valence-corrected chi connectivity index (χ1v) is 4.14. The third-order valence-corrected chi connectivity index (χ3v) is 2.09. The van der Waals surface area contributed by atoms with E-state index in [1.165, 1.54) is 19.0 Å². The van der Waals surface area contributed by atoms with Gasteiger partial charge in [0.25, 0.3) is 0 Å². The Balaban J connectivity index is 2.02. The summed E-state index contributed by atoms with van der Waals surface area (Å²) >= 11 is 0. The van der Waals surface area contributed by atoms with Crippen molar-refractivity contribution >= 4 is 12.6 Å². The average molecular weight is 166 g/mol. The van der Waals surface area contributed by atoms with Gasteiger partial charge >= 0.3 is 7.12 Å². The maximum atomic E-state index is 8.79. The van der Waals surface area contributed by atoms with Gasteiger partial charge in [-0.05, 0) is 18.8 Å².